The molecule has 0 aliphatic carbocycles. The lowest BCUT2D eigenvalue weighted by atomic mass is 10.2. The van der Waals surface area contributed by atoms with Crippen LogP contribution in [0.5, 0.6) is 0 Å². The molecule has 0 saturated heterocycles. The quantitative estimate of drug-likeness (QED) is 0.730. The number of benzene rings is 1. The van der Waals surface area contributed by atoms with Crippen molar-refractivity contribution in [3.05, 3.63) is 34.3 Å². The number of rotatable bonds is 6. The Kier molecular flexibility index (Phi) is 6.52. The Morgan fingerprint density at radius 3 is 2.63 bits per heavy atom. The number of carbonyl (C=O) groups is 2. The summed E-state index contributed by atoms with van der Waals surface area (Å²) in [6.45, 7) is 1.64. The minimum Gasteiger partial charge on any atom is -0.394 e. The van der Waals surface area contributed by atoms with E-state index in [1.54, 1.807) is 24.3 Å². The number of hydrogen-bond acceptors (Lipinski definition) is 3. The molecule has 0 aromatic heterocycles. The molecule has 0 bridgehead atoms. The number of aliphatic hydroxyl groups excluding tert-OH is 1. The Balaban J connectivity index is 2.47. The maximum absolute atomic E-state index is 11.8. The third-order valence-electron chi connectivity index (χ3n) is 2.61. The van der Waals surface area contributed by atoms with Gasteiger partial charge in [-0.05, 0) is 34.5 Å². The Morgan fingerprint density at radius 1 is 1.37 bits per heavy atom. The fraction of sp³-hybridized carbons (Fsp3) is 0.385. The summed E-state index contributed by atoms with van der Waals surface area (Å²) in [4.78, 5) is 23.4. The van der Waals surface area contributed by atoms with Crippen molar-refractivity contribution in [2.45, 2.75) is 19.4 Å². The minimum absolute atomic E-state index is 0.111. The zero-order valence-electron chi connectivity index (χ0n) is 10.6. The van der Waals surface area contributed by atoms with Crippen LogP contribution in [0, 0.1) is 0 Å². The Hall–Kier alpha value is -1.40. The van der Waals surface area contributed by atoms with E-state index in [4.69, 9.17) is 5.11 Å². The van der Waals surface area contributed by atoms with Gasteiger partial charge in [-0.25, -0.2) is 0 Å². The van der Waals surface area contributed by atoms with Gasteiger partial charge >= 0.3 is 0 Å². The summed E-state index contributed by atoms with van der Waals surface area (Å²) in [6.07, 6.45) is 0.639. The van der Waals surface area contributed by atoms with Gasteiger partial charge in [0.15, 0.2) is 0 Å². The van der Waals surface area contributed by atoms with Crippen molar-refractivity contribution in [1.29, 1.82) is 0 Å². The summed E-state index contributed by atoms with van der Waals surface area (Å²) in [5.74, 6) is -0.638. The van der Waals surface area contributed by atoms with E-state index in [-0.39, 0.29) is 31.0 Å². The average Bonchev–Trinajstić information content (AvgIpc) is 2.42. The first kappa shape index (κ1) is 15.7. The predicted octanol–water partition coefficient (Wildman–Crippen LogP) is 1.07. The number of aliphatic hydroxyl groups is 1. The van der Waals surface area contributed by atoms with Crippen LogP contribution in [-0.4, -0.2) is 36.1 Å². The third-order valence-corrected chi connectivity index (χ3v) is 3.30. The molecule has 3 N–H and O–H groups in total. The fourth-order valence-electron chi connectivity index (χ4n) is 1.46. The van der Waals surface area contributed by atoms with Crippen LogP contribution in [0.4, 0.5) is 0 Å². The van der Waals surface area contributed by atoms with Gasteiger partial charge < -0.3 is 15.7 Å². The molecule has 0 aliphatic rings. The van der Waals surface area contributed by atoms with Crippen molar-refractivity contribution >= 4 is 27.7 Å². The topological polar surface area (TPSA) is 78.4 Å². The molecule has 5 nitrogen and oxygen atoms in total. The molecule has 0 heterocycles. The predicted molar refractivity (Wildman–Crippen MR) is 75.8 cm³/mol. The first-order valence-corrected chi connectivity index (χ1v) is 6.80. The van der Waals surface area contributed by atoms with E-state index >= 15 is 0 Å². The van der Waals surface area contributed by atoms with Crippen molar-refractivity contribution in [3.63, 3.8) is 0 Å². The van der Waals surface area contributed by atoms with Crippen LogP contribution in [0.2, 0.25) is 0 Å². The molecule has 1 atom stereocenters. The highest BCUT2D eigenvalue weighted by molar-refractivity contribution is 9.10. The van der Waals surface area contributed by atoms with Crippen molar-refractivity contribution in [2.75, 3.05) is 13.2 Å². The molecule has 0 saturated carbocycles. The Bertz CT molecular complexity index is 447. The molecular formula is C13H17BrN2O3. The van der Waals surface area contributed by atoms with Crippen LogP contribution in [0.1, 0.15) is 23.7 Å². The second kappa shape index (κ2) is 7.91. The lowest BCUT2D eigenvalue weighted by molar-refractivity contribution is -0.121. The first-order valence-electron chi connectivity index (χ1n) is 6.01. The maximum atomic E-state index is 11.8. The van der Waals surface area contributed by atoms with E-state index in [0.29, 0.717) is 16.5 Å². The highest BCUT2D eigenvalue weighted by Gasteiger charge is 2.12. The molecule has 1 aromatic rings. The summed E-state index contributed by atoms with van der Waals surface area (Å²) in [6, 6.07) is 6.71. The van der Waals surface area contributed by atoms with Crippen molar-refractivity contribution in [2.24, 2.45) is 0 Å². The largest absolute Gasteiger partial charge is 0.394 e. The monoisotopic (exact) mass is 328 g/mol. The third kappa shape index (κ3) is 5.00. The molecular weight excluding hydrogens is 312 g/mol. The van der Waals surface area contributed by atoms with E-state index in [2.05, 4.69) is 26.6 Å². The summed E-state index contributed by atoms with van der Waals surface area (Å²) in [5.41, 5.74) is 0.476. The molecule has 6 heteroatoms. The van der Waals surface area contributed by atoms with Gasteiger partial charge in [-0.1, -0.05) is 19.1 Å². The van der Waals surface area contributed by atoms with Gasteiger partial charge in [-0.2, -0.15) is 0 Å². The molecule has 0 aliphatic heterocycles. The van der Waals surface area contributed by atoms with Gasteiger partial charge in [0.25, 0.3) is 5.91 Å². The summed E-state index contributed by atoms with van der Waals surface area (Å²) >= 11 is 3.27. The molecule has 0 radical (unpaired) electrons. The standard InChI is InChI=1S/C13H17BrN2O3/c1-2-9(8-17)16-12(18)7-15-13(19)10-5-3-4-6-11(10)14/h3-6,9,17H,2,7-8H2,1H3,(H,15,19)(H,16,18). The first-order chi connectivity index (χ1) is 9.08. The molecule has 0 fully saturated rings. The molecule has 0 spiro atoms. The number of hydrogen-bond donors (Lipinski definition) is 3. The van der Waals surface area contributed by atoms with Crippen molar-refractivity contribution in [1.82, 2.24) is 10.6 Å². The molecule has 1 unspecified atom stereocenters. The van der Waals surface area contributed by atoms with Crippen LogP contribution in [0.25, 0.3) is 0 Å². The van der Waals surface area contributed by atoms with E-state index < -0.39 is 0 Å². The lowest BCUT2D eigenvalue weighted by Crippen LogP contribution is -2.43. The van der Waals surface area contributed by atoms with Crippen LogP contribution in [-0.2, 0) is 4.79 Å². The van der Waals surface area contributed by atoms with Gasteiger partial charge in [0.05, 0.1) is 24.8 Å². The van der Waals surface area contributed by atoms with Crippen LogP contribution < -0.4 is 10.6 Å². The maximum Gasteiger partial charge on any atom is 0.252 e. The van der Waals surface area contributed by atoms with E-state index in [1.807, 2.05) is 6.92 Å². The Labute approximate surface area is 120 Å². The van der Waals surface area contributed by atoms with Crippen LogP contribution in [0.3, 0.4) is 0 Å². The normalized spacial score (nSPS) is 11.7. The number of halogens is 1. The van der Waals surface area contributed by atoms with E-state index in [1.165, 1.54) is 0 Å². The smallest absolute Gasteiger partial charge is 0.252 e. The van der Waals surface area contributed by atoms with Gasteiger partial charge in [0, 0.05) is 4.47 Å². The average molecular weight is 329 g/mol. The molecule has 104 valence electrons. The minimum atomic E-state index is -0.320. The Morgan fingerprint density at radius 2 is 2.05 bits per heavy atom. The molecule has 19 heavy (non-hydrogen) atoms. The van der Waals surface area contributed by atoms with Crippen LogP contribution in [0.15, 0.2) is 28.7 Å². The second-order valence-corrected chi connectivity index (χ2v) is 4.87. The molecule has 2 amide bonds. The molecule has 1 aromatic carbocycles. The highest BCUT2D eigenvalue weighted by atomic mass is 79.9. The zero-order chi connectivity index (χ0) is 14.3. The summed E-state index contributed by atoms with van der Waals surface area (Å²) in [5, 5.41) is 14.1. The number of amides is 2. The van der Waals surface area contributed by atoms with Crippen LogP contribution >= 0.6 is 15.9 Å². The summed E-state index contributed by atoms with van der Waals surface area (Å²) in [7, 11) is 0. The molecule has 1 rings (SSSR count). The van der Waals surface area contributed by atoms with Gasteiger partial charge in [0.2, 0.25) is 5.91 Å². The SMILES string of the molecule is CCC(CO)NC(=O)CNC(=O)c1ccccc1Br. The number of carbonyl (C=O) groups excluding carboxylic acids is 2. The van der Waals surface area contributed by atoms with E-state index in [0.717, 1.165) is 0 Å². The fourth-order valence-corrected chi connectivity index (χ4v) is 1.92. The number of nitrogens with one attached hydrogen (secondary N) is 2. The second-order valence-electron chi connectivity index (χ2n) is 4.02. The van der Waals surface area contributed by atoms with Crippen molar-refractivity contribution in [3.8, 4) is 0 Å². The van der Waals surface area contributed by atoms with E-state index in [9.17, 15) is 9.59 Å². The van der Waals surface area contributed by atoms with Gasteiger partial charge in [0.1, 0.15) is 0 Å². The zero-order valence-corrected chi connectivity index (χ0v) is 12.2. The van der Waals surface area contributed by atoms with Crippen molar-refractivity contribution < 1.29 is 14.7 Å². The lowest BCUT2D eigenvalue weighted by Gasteiger charge is -2.14. The van der Waals surface area contributed by atoms with Gasteiger partial charge in [-0.3, -0.25) is 9.59 Å². The highest BCUT2D eigenvalue weighted by Crippen LogP contribution is 2.15. The van der Waals surface area contributed by atoms with Gasteiger partial charge in [-0.15, -0.1) is 0 Å². The summed E-state index contributed by atoms with van der Waals surface area (Å²) < 4.78 is 0.676.